The molecule has 2 aromatic rings. The Labute approximate surface area is 127 Å². The number of ketones is 1. The summed E-state index contributed by atoms with van der Waals surface area (Å²) in [6, 6.07) is 11.1. The van der Waals surface area contributed by atoms with Crippen molar-refractivity contribution in [1.29, 1.82) is 0 Å². The molecule has 0 spiro atoms. The van der Waals surface area contributed by atoms with Gasteiger partial charge in [0, 0.05) is 6.54 Å². The van der Waals surface area contributed by atoms with Crippen LogP contribution in [0.1, 0.15) is 31.8 Å². The Morgan fingerprint density at radius 3 is 2.62 bits per heavy atom. The van der Waals surface area contributed by atoms with Crippen LogP contribution in [-0.2, 0) is 6.42 Å². The molecule has 1 aromatic heterocycles. The smallest absolute Gasteiger partial charge is 0.261 e. The number of hydrogen-bond donors (Lipinski definition) is 1. The molecular weight excluding hydrogens is 286 g/mol. The van der Waals surface area contributed by atoms with Crippen molar-refractivity contribution in [3.63, 3.8) is 0 Å². The Hall–Kier alpha value is -2.14. The molecule has 0 bridgehead atoms. The molecule has 5 heteroatoms. The summed E-state index contributed by atoms with van der Waals surface area (Å²) in [5.41, 5.74) is 1.10. The highest BCUT2D eigenvalue weighted by atomic mass is 32.1. The molecule has 110 valence electrons. The van der Waals surface area contributed by atoms with Gasteiger partial charge in [0.1, 0.15) is 5.75 Å². The summed E-state index contributed by atoms with van der Waals surface area (Å²) in [5, 5.41) is 2.86. The second-order valence-corrected chi connectivity index (χ2v) is 5.66. The Bertz CT molecular complexity index is 648. The lowest BCUT2D eigenvalue weighted by molar-refractivity contribution is 0.0957. The fraction of sp³-hybridized carbons (Fsp3) is 0.250. The maximum absolute atomic E-state index is 12.0. The summed E-state index contributed by atoms with van der Waals surface area (Å²) in [6.45, 7) is 2.04. The van der Waals surface area contributed by atoms with Crippen LogP contribution in [0.4, 0.5) is 0 Å². The topological polar surface area (TPSA) is 55.4 Å². The summed E-state index contributed by atoms with van der Waals surface area (Å²) < 4.78 is 5.16. The van der Waals surface area contributed by atoms with Crippen molar-refractivity contribution in [2.45, 2.75) is 13.3 Å². The Balaban J connectivity index is 1.87. The highest BCUT2D eigenvalue weighted by Gasteiger charge is 2.10. The van der Waals surface area contributed by atoms with Crippen LogP contribution in [0, 0.1) is 0 Å². The SMILES string of the molecule is COc1cccc(CCNC(=O)c2ccc(C(C)=O)s2)c1. The van der Waals surface area contributed by atoms with Crippen LogP contribution >= 0.6 is 11.3 Å². The zero-order valence-corrected chi connectivity index (χ0v) is 12.8. The summed E-state index contributed by atoms with van der Waals surface area (Å²) >= 11 is 1.22. The number of carbonyl (C=O) groups excluding carboxylic acids is 2. The van der Waals surface area contributed by atoms with Crippen LogP contribution < -0.4 is 10.1 Å². The van der Waals surface area contributed by atoms with Crippen molar-refractivity contribution in [3.05, 3.63) is 51.7 Å². The predicted molar refractivity (Wildman–Crippen MR) is 83.4 cm³/mol. The normalized spacial score (nSPS) is 10.2. The number of nitrogens with one attached hydrogen (secondary N) is 1. The molecule has 0 unspecified atom stereocenters. The molecule has 2 rings (SSSR count). The van der Waals surface area contributed by atoms with E-state index in [1.807, 2.05) is 24.3 Å². The number of amides is 1. The van der Waals surface area contributed by atoms with E-state index in [9.17, 15) is 9.59 Å². The molecule has 0 aliphatic carbocycles. The van der Waals surface area contributed by atoms with E-state index in [0.29, 0.717) is 16.3 Å². The van der Waals surface area contributed by atoms with Gasteiger partial charge in [0.05, 0.1) is 16.9 Å². The van der Waals surface area contributed by atoms with Gasteiger partial charge in [-0.1, -0.05) is 12.1 Å². The van der Waals surface area contributed by atoms with Crippen molar-refractivity contribution < 1.29 is 14.3 Å². The first kappa shape index (κ1) is 15.3. The van der Waals surface area contributed by atoms with E-state index in [1.54, 1.807) is 19.2 Å². The minimum Gasteiger partial charge on any atom is -0.497 e. The maximum atomic E-state index is 12.0. The molecule has 1 N–H and O–H groups in total. The highest BCUT2D eigenvalue weighted by molar-refractivity contribution is 7.15. The summed E-state index contributed by atoms with van der Waals surface area (Å²) in [7, 11) is 1.63. The van der Waals surface area contributed by atoms with Gasteiger partial charge in [-0.05, 0) is 43.2 Å². The lowest BCUT2D eigenvalue weighted by Gasteiger charge is -2.05. The highest BCUT2D eigenvalue weighted by Crippen LogP contribution is 2.17. The first-order chi connectivity index (χ1) is 10.1. The van der Waals surface area contributed by atoms with E-state index in [2.05, 4.69) is 5.32 Å². The standard InChI is InChI=1S/C16H17NO3S/c1-11(18)14-6-7-15(21-14)16(19)17-9-8-12-4-3-5-13(10-12)20-2/h3-7,10H,8-9H2,1-2H3,(H,17,19). The molecule has 0 aliphatic rings. The van der Waals surface area contributed by atoms with Crippen molar-refractivity contribution in [2.24, 2.45) is 0 Å². The van der Waals surface area contributed by atoms with Crippen molar-refractivity contribution in [1.82, 2.24) is 5.32 Å². The van der Waals surface area contributed by atoms with Gasteiger partial charge in [-0.3, -0.25) is 9.59 Å². The molecule has 0 radical (unpaired) electrons. The van der Waals surface area contributed by atoms with Gasteiger partial charge in [0.25, 0.3) is 5.91 Å². The van der Waals surface area contributed by atoms with Gasteiger partial charge in [-0.25, -0.2) is 0 Å². The van der Waals surface area contributed by atoms with E-state index >= 15 is 0 Å². The Kier molecular flexibility index (Phi) is 5.11. The van der Waals surface area contributed by atoms with Crippen molar-refractivity contribution in [3.8, 4) is 5.75 Å². The largest absolute Gasteiger partial charge is 0.497 e. The molecule has 0 saturated heterocycles. The summed E-state index contributed by atoms with van der Waals surface area (Å²) in [4.78, 5) is 24.3. The molecule has 0 fully saturated rings. The van der Waals surface area contributed by atoms with Crippen LogP contribution in [-0.4, -0.2) is 25.3 Å². The first-order valence-corrected chi connectivity index (χ1v) is 7.43. The minimum absolute atomic E-state index is 0.0181. The first-order valence-electron chi connectivity index (χ1n) is 6.62. The second kappa shape index (κ2) is 7.04. The zero-order chi connectivity index (χ0) is 15.2. The fourth-order valence-corrected chi connectivity index (χ4v) is 2.70. The Morgan fingerprint density at radius 1 is 1.19 bits per heavy atom. The Morgan fingerprint density at radius 2 is 1.95 bits per heavy atom. The third kappa shape index (κ3) is 4.16. The van der Waals surface area contributed by atoms with Gasteiger partial charge in [-0.15, -0.1) is 11.3 Å². The molecule has 1 heterocycles. The zero-order valence-electron chi connectivity index (χ0n) is 12.0. The molecular formula is C16H17NO3S. The number of rotatable bonds is 6. The number of thiophene rings is 1. The van der Waals surface area contributed by atoms with E-state index in [0.717, 1.165) is 17.7 Å². The third-order valence-electron chi connectivity index (χ3n) is 3.01. The number of hydrogen-bond acceptors (Lipinski definition) is 4. The molecule has 1 aromatic carbocycles. The van der Waals surface area contributed by atoms with Crippen LogP contribution in [0.5, 0.6) is 5.75 Å². The average Bonchev–Trinajstić information content (AvgIpc) is 2.97. The van der Waals surface area contributed by atoms with Crippen molar-refractivity contribution in [2.75, 3.05) is 13.7 Å². The molecule has 0 aliphatic heterocycles. The summed E-state index contributed by atoms with van der Waals surface area (Å²) in [5.74, 6) is 0.647. The van der Waals surface area contributed by atoms with Crippen molar-refractivity contribution >= 4 is 23.0 Å². The minimum atomic E-state index is -0.143. The molecule has 0 atom stereocenters. The van der Waals surface area contributed by atoms with E-state index in [1.165, 1.54) is 18.3 Å². The maximum Gasteiger partial charge on any atom is 0.261 e. The van der Waals surface area contributed by atoms with E-state index in [-0.39, 0.29) is 11.7 Å². The quantitative estimate of drug-likeness (QED) is 0.835. The fourth-order valence-electron chi connectivity index (χ4n) is 1.88. The van der Waals surface area contributed by atoms with Crippen LogP contribution in [0.25, 0.3) is 0 Å². The lowest BCUT2D eigenvalue weighted by Crippen LogP contribution is -2.24. The summed E-state index contributed by atoms with van der Waals surface area (Å²) in [6.07, 6.45) is 0.730. The van der Waals surface area contributed by atoms with Crippen LogP contribution in [0.3, 0.4) is 0 Å². The molecule has 4 nitrogen and oxygen atoms in total. The lowest BCUT2D eigenvalue weighted by atomic mass is 10.1. The molecule has 1 amide bonds. The molecule has 0 saturated carbocycles. The molecule has 21 heavy (non-hydrogen) atoms. The van der Waals surface area contributed by atoms with Crippen LogP contribution in [0.15, 0.2) is 36.4 Å². The number of benzene rings is 1. The van der Waals surface area contributed by atoms with Gasteiger partial charge in [-0.2, -0.15) is 0 Å². The van der Waals surface area contributed by atoms with Gasteiger partial charge in [0.15, 0.2) is 5.78 Å². The van der Waals surface area contributed by atoms with Gasteiger partial charge in [0.2, 0.25) is 0 Å². The number of Topliss-reactive ketones (excluding diaryl/α,β-unsaturated/α-hetero) is 1. The predicted octanol–water partition coefficient (Wildman–Crippen LogP) is 2.93. The third-order valence-corrected chi connectivity index (χ3v) is 4.20. The number of ether oxygens (including phenoxy) is 1. The average molecular weight is 303 g/mol. The van der Waals surface area contributed by atoms with E-state index in [4.69, 9.17) is 4.74 Å². The monoisotopic (exact) mass is 303 g/mol. The number of carbonyl (C=O) groups is 2. The van der Waals surface area contributed by atoms with Gasteiger partial charge < -0.3 is 10.1 Å². The van der Waals surface area contributed by atoms with Crippen LogP contribution in [0.2, 0.25) is 0 Å². The van der Waals surface area contributed by atoms with E-state index < -0.39 is 0 Å². The number of methoxy groups -OCH3 is 1. The van der Waals surface area contributed by atoms with Gasteiger partial charge >= 0.3 is 0 Å². The second-order valence-electron chi connectivity index (χ2n) is 4.58.